The normalized spacial score (nSPS) is 14.5. The Morgan fingerprint density at radius 2 is 1.89 bits per heavy atom. The van der Waals surface area contributed by atoms with E-state index < -0.39 is 0 Å². The third kappa shape index (κ3) is 3.54. The molecule has 1 aliphatic rings. The molecule has 1 aliphatic heterocycles. The first-order chi connectivity index (χ1) is 13.7. The van der Waals surface area contributed by atoms with Crippen LogP contribution >= 0.6 is 23.6 Å². The molecule has 0 aliphatic carbocycles. The van der Waals surface area contributed by atoms with E-state index >= 15 is 0 Å². The highest BCUT2D eigenvalue weighted by molar-refractivity contribution is 7.73. The number of hydrogen-bond donors (Lipinski definition) is 1. The van der Waals surface area contributed by atoms with E-state index in [4.69, 9.17) is 17.0 Å². The Morgan fingerprint density at radius 3 is 2.61 bits per heavy atom. The topological polar surface area (TPSA) is 59.1 Å². The van der Waals surface area contributed by atoms with Gasteiger partial charge in [0.2, 0.25) is 5.88 Å². The molecule has 140 valence electrons. The summed E-state index contributed by atoms with van der Waals surface area (Å²) in [6.07, 6.45) is 3.55. The van der Waals surface area contributed by atoms with Crippen LogP contribution in [0.1, 0.15) is 17.4 Å². The van der Waals surface area contributed by atoms with Crippen molar-refractivity contribution in [3.63, 3.8) is 0 Å². The molecule has 0 fully saturated rings. The molecule has 1 N–H and O–H groups in total. The first-order valence-corrected chi connectivity index (χ1v) is 9.96. The molecule has 5 nitrogen and oxygen atoms in total. The Bertz CT molecular complexity index is 1140. The second kappa shape index (κ2) is 7.92. The van der Waals surface area contributed by atoms with Crippen LogP contribution in [-0.2, 0) is 0 Å². The largest absolute Gasteiger partial charge is 0.494 e. The molecule has 28 heavy (non-hydrogen) atoms. The number of thiazole rings is 1. The van der Waals surface area contributed by atoms with E-state index in [1.807, 2.05) is 67.6 Å². The SMILES string of the molecule is CCOc1ccc(-n2c(O)c(C=C3C=NN=C3c3ccccc3)sc2=S)cc1. The summed E-state index contributed by atoms with van der Waals surface area (Å²) >= 11 is 6.83. The minimum atomic E-state index is 0.0966. The molecule has 1 aromatic heterocycles. The third-order valence-corrected chi connectivity index (χ3v) is 5.49. The van der Waals surface area contributed by atoms with Gasteiger partial charge in [0.25, 0.3) is 0 Å². The van der Waals surface area contributed by atoms with Gasteiger partial charge in [-0.1, -0.05) is 30.3 Å². The zero-order valence-electron chi connectivity index (χ0n) is 15.1. The Labute approximate surface area is 171 Å². The van der Waals surface area contributed by atoms with Gasteiger partial charge in [-0.3, -0.25) is 4.57 Å². The molecule has 0 atom stereocenters. The van der Waals surface area contributed by atoms with Gasteiger partial charge in [0.15, 0.2) is 3.95 Å². The predicted octanol–water partition coefficient (Wildman–Crippen LogP) is 5.24. The Kier molecular flexibility index (Phi) is 5.18. The van der Waals surface area contributed by atoms with Crippen molar-refractivity contribution in [1.82, 2.24) is 4.57 Å². The summed E-state index contributed by atoms with van der Waals surface area (Å²) in [6, 6.07) is 17.3. The Balaban J connectivity index is 1.70. The molecule has 3 aromatic rings. The van der Waals surface area contributed by atoms with Gasteiger partial charge < -0.3 is 9.84 Å². The number of allylic oxidation sites excluding steroid dienone is 1. The summed E-state index contributed by atoms with van der Waals surface area (Å²) in [5.74, 6) is 0.875. The van der Waals surface area contributed by atoms with Gasteiger partial charge >= 0.3 is 0 Å². The number of benzene rings is 2. The van der Waals surface area contributed by atoms with Crippen molar-refractivity contribution in [1.29, 1.82) is 0 Å². The fourth-order valence-corrected chi connectivity index (χ4v) is 4.20. The smallest absolute Gasteiger partial charge is 0.215 e. The molecule has 0 bridgehead atoms. The van der Waals surface area contributed by atoms with Gasteiger partial charge in [-0.2, -0.15) is 5.10 Å². The zero-order chi connectivity index (χ0) is 19.5. The minimum absolute atomic E-state index is 0.0966. The van der Waals surface area contributed by atoms with E-state index in [9.17, 15) is 5.11 Å². The van der Waals surface area contributed by atoms with Crippen molar-refractivity contribution in [2.24, 2.45) is 10.2 Å². The van der Waals surface area contributed by atoms with Crippen LogP contribution in [0.5, 0.6) is 11.6 Å². The average molecular weight is 408 g/mol. The fraction of sp³-hybridized carbons (Fsp3) is 0.0952. The Morgan fingerprint density at radius 1 is 1.14 bits per heavy atom. The van der Waals surface area contributed by atoms with Crippen LogP contribution in [0.25, 0.3) is 11.8 Å². The van der Waals surface area contributed by atoms with Crippen molar-refractivity contribution in [2.45, 2.75) is 6.92 Å². The van der Waals surface area contributed by atoms with Gasteiger partial charge in [-0.25, -0.2) is 0 Å². The highest BCUT2D eigenvalue weighted by Gasteiger charge is 2.17. The standard InChI is InChI=1S/C21H17N3O2S2/c1-2-26-17-10-8-16(9-11-17)24-20(25)18(28-21(24)27)12-15-13-22-23-19(15)14-6-4-3-5-7-14/h3-13,25H,2H2,1H3. The van der Waals surface area contributed by atoms with E-state index in [2.05, 4.69) is 10.2 Å². The number of rotatable bonds is 5. The van der Waals surface area contributed by atoms with E-state index in [0.29, 0.717) is 15.4 Å². The molecule has 0 saturated heterocycles. The van der Waals surface area contributed by atoms with Crippen molar-refractivity contribution >= 4 is 41.6 Å². The molecule has 2 aromatic carbocycles. The summed E-state index contributed by atoms with van der Waals surface area (Å²) in [7, 11) is 0. The lowest BCUT2D eigenvalue weighted by Crippen LogP contribution is -2.01. The van der Waals surface area contributed by atoms with Crippen molar-refractivity contribution in [3.8, 4) is 17.3 Å². The first-order valence-electron chi connectivity index (χ1n) is 8.74. The summed E-state index contributed by atoms with van der Waals surface area (Å²) in [5, 5.41) is 19.1. The minimum Gasteiger partial charge on any atom is -0.494 e. The van der Waals surface area contributed by atoms with Crippen LogP contribution in [0.3, 0.4) is 0 Å². The van der Waals surface area contributed by atoms with Crippen LogP contribution in [0.15, 0.2) is 70.4 Å². The van der Waals surface area contributed by atoms with Crippen LogP contribution < -0.4 is 4.74 Å². The number of aromatic hydroxyl groups is 1. The van der Waals surface area contributed by atoms with Crippen molar-refractivity contribution in [2.75, 3.05) is 6.61 Å². The maximum atomic E-state index is 10.8. The molecule has 7 heteroatoms. The van der Waals surface area contributed by atoms with Crippen LogP contribution in [0.4, 0.5) is 0 Å². The third-order valence-electron chi connectivity index (χ3n) is 4.18. The number of hydrogen-bond acceptors (Lipinski definition) is 6. The maximum absolute atomic E-state index is 10.8. The Hall–Kier alpha value is -3.03. The summed E-state index contributed by atoms with van der Waals surface area (Å²) in [4.78, 5) is 0.658. The molecule has 2 heterocycles. The lowest BCUT2D eigenvalue weighted by Gasteiger charge is -2.07. The molecular weight excluding hydrogens is 390 g/mol. The molecular formula is C21H17N3O2S2. The second-order valence-corrected chi connectivity index (χ2v) is 7.65. The van der Waals surface area contributed by atoms with Gasteiger partial charge in [-0.15, -0.1) is 16.4 Å². The first kappa shape index (κ1) is 18.3. The van der Waals surface area contributed by atoms with Crippen molar-refractivity contribution < 1.29 is 9.84 Å². The van der Waals surface area contributed by atoms with Crippen LogP contribution in [0.2, 0.25) is 0 Å². The monoisotopic (exact) mass is 407 g/mol. The van der Waals surface area contributed by atoms with E-state index in [1.165, 1.54) is 11.3 Å². The van der Waals surface area contributed by atoms with Crippen LogP contribution in [0, 0.1) is 3.95 Å². The molecule has 0 saturated carbocycles. The molecule has 0 amide bonds. The number of nitrogens with zero attached hydrogens (tertiary/aromatic N) is 3. The van der Waals surface area contributed by atoms with Crippen molar-refractivity contribution in [3.05, 3.63) is 74.6 Å². The fourth-order valence-electron chi connectivity index (χ4n) is 2.90. The van der Waals surface area contributed by atoms with Crippen LogP contribution in [-0.4, -0.2) is 28.2 Å². The second-order valence-electron chi connectivity index (χ2n) is 5.98. The van der Waals surface area contributed by atoms with E-state index in [-0.39, 0.29) is 5.88 Å². The molecule has 0 unspecified atom stereocenters. The number of aromatic nitrogens is 1. The average Bonchev–Trinajstić information content (AvgIpc) is 3.28. The van der Waals surface area contributed by atoms with Gasteiger partial charge in [0, 0.05) is 11.1 Å². The van der Waals surface area contributed by atoms with E-state index in [0.717, 1.165) is 28.3 Å². The molecule has 0 radical (unpaired) electrons. The summed E-state index contributed by atoms with van der Waals surface area (Å²) in [6.45, 7) is 2.54. The quantitative estimate of drug-likeness (QED) is 0.588. The maximum Gasteiger partial charge on any atom is 0.215 e. The highest BCUT2D eigenvalue weighted by Crippen LogP contribution is 2.32. The number of ether oxygens (including phenoxy) is 1. The lowest BCUT2D eigenvalue weighted by molar-refractivity contribution is 0.340. The predicted molar refractivity (Wildman–Crippen MR) is 117 cm³/mol. The summed E-state index contributed by atoms with van der Waals surface area (Å²) in [5.41, 5.74) is 3.35. The lowest BCUT2D eigenvalue weighted by atomic mass is 10.0. The molecule has 4 rings (SSSR count). The zero-order valence-corrected chi connectivity index (χ0v) is 16.7. The van der Waals surface area contributed by atoms with E-state index in [1.54, 1.807) is 10.8 Å². The van der Waals surface area contributed by atoms with Gasteiger partial charge in [-0.05, 0) is 49.5 Å². The summed E-state index contributed by atoms with van der Waals surface area (Å²) < 4.78 is 7.68. The highest BCUT2D eigenvalue weighted by atomic mass is 32.1. The van der Waals surface area contributed by atoms with Gasteiger partial charge in [0.05, 0.1) is 23.4 Å². The molecule has 0 spiro atoms. The van der Waals surface area contributed by atoms with Gasteiger partial charge in [0.1, 0.15) is 11.5 Å².